The first-order valence-corrected chi connectivity index (χ1v) is 12.2. The van der Waals surface area contributed by atoms with E-state index in [9.17, 15) is 8.42 Å². The Morgan fingerprint density at radius 2 is 2.03 bits per heavy atom. The van der Waals surface area contributed by atoms with Crippen molar-refractivity contribution < 1.29 is 8.42 Å². The number of fused-ring (bicyclic) bond motifs is 1. The SMILES string of the molecule is CN(c1cccc2c1NC(C1=NCC(Cn3cnnc3)S1)C2)S(=O)(=O)c1ccccn1. The third-order valence-corrected chi connectivity index (χ3v) is 8.36. The number of hydrogen-bond donors (Lipinski definition) is 1. The summed E-state index contributed by atoms with van der Waals surface area (Å²) in [6.45, 7) is 1.55. The van der Waals surface area contributed by atoms with E-state index in [1.165, 1.54) is 16.6 Å². The van der Waals surface area contributed by atoms with Crippen LogP contribution < -0.4 is 9.62 Å². The fraction of sp³-hybridized carbons (Fsp3) is 0.300. The fourth-order valence-electron chi connectivity index (χ4n) is 3.83. The Morgan fingerprint density at radius 1 is 1.19 bits per heavy atom. The average Bonchev–Trinajstić information content (AvgIpc) is 3.54. The first kappa shape index (κ1) is 20.0. The van der Waals surface area contributed by atoms with E-state index in [1.807, 2.05) is 22.8 Å². The number of rotatable bonds is 6. The third-order valence-electron chi connectivity index (χ3n) is 5.39. The number of para-hydroxylation sites is 1. The van der Waals surface area contributed by atoms with E-state index in [-0.39, 0.29) is 11.1 Å². The van der Waals surface area contributed by atoms with Crippen LogP contribution in [0.15, 0.2) is 65.3 Å². The molecule has 31 heavy (non-hydrogen) atoms. The lowest BCUT2D eigenvalue weighted by Crippen LogP contribution is -2.29. The topological polar surface area (TPSA) is 105 Å². The van der Waals surface area contributed by atoms with Crippen molar-refractivity contribution in [3.8, 4) is 0 Å². The largest absolute Gasteiger partial charge is 0.374 e. The van der Waals surface area contributed by atoms with E-state index >= 15 is 0 Å². The van der Waals surface area contributed by atoms with Crippen LogP contribution in [-0.2, 0) is 23.0 Å². The van der Waals surface area contributed by atoms with E-state index in [0.717, 1.165) is 35.8 Å². The number of nitrogens with zero attached hydrogens (tertiary/aromatic N) is 6. The molecular formula is C20H21N7O2S2. The normalized spacial score (nSPS) is 20.2. The second-order valence-electron chi connectivity index (χ2n) is 7.43. The van der Waals surface area contributed by atoms with Gasteiger partial charge in [-0.15, -0.1) is 22.0 Å². The second-order valence-corrected chi connectivity index (χ2v) is 10.7. The molecule has 5 rings (SSSR count). The summed E-state index contributed by atoms with van der Waals surface area (Å²) in [5.41, 5.74) is 2.52. The first-order chi connectivity index (χ1) is 15.0. The molecule has 0 aliphatic carbocycles. The van der Waals surface area contributed by atoms with Gasteiger partial charge < -0.3 is 9.88 Å². The number of aromatic nitrogens is 4. The van der Waals surface area contributed by atoms with Crippen LogP contribution in [0.3, 0.4) is 0 Å². The Balaban J connectivity index is 1.34. The van der Waals surface area contributed by atoms with Crippen molar-refractivity contribution in [1.82, 2.24) is 19.7 Å². The molecule has 4 heterocycles. The Labute approximate surface area is 184 Å². The highest BCUT2D eigenvalue weighted by molar-refractivity contribution is 8.14. The zero-order chi connectivity index (χ0) is 21.4. The number of aliphatic imine (C=N–C) groups is 1. The van der Waals surface area contributed by atoms with Crippen molar-refractivity contribution in [1.29, 1.82) is 0 Å². The molecule has 9 nitrogen and oxygen atoms in total. The van der Waals surface area contributed by atoms with Gasteiger partial charge in [0.2, 0.25) is 0 Å². The van der Waals surface area contributed by atoms with Crippen molar-refractivity contribution in [2.75, 3.05) is 23.2 Å². The molecule has 0 bridgehead atoms. The molecule has 2 aliphatic rings. The van der Waals surface area contributed by atoms with Crippen molar-refractivity contribution in [3.63, 3.8) is 0 Å². The maximum Gasteiger partial charge on any atom is 0.281 e. The summed E-state index contributed by atoms with van der Waals surface area (Å²) in [5.74, 6) is 0. The molecule has 3 aromatic rings. The van der Waals surface area contributed by atoms with E-state index in [4.69, 9.17) is 4.99 Å². The minimum absolute atomic E-state index is 0.0252. The van der Waals surface area contributed by atoms with Crippen LogP contribution in [0, 0.1) is 0 Å². The van der Waals surface area contributed by atoms with Gasteiger partial charge in [-0.25, -0.2) is 4.98 Å². The molecule has 0 fully saturated rings. The highest BCUT2D eigenvalue weighted by atomic mass is 32.2. The molecule has 2 aromatic heterocycles. The standard InChI is InChI=1S/C20H21N7O2S2/c1-26(31(28,29)18-7-2-3-8-21-18)17-6-4-5-14-9-16(25-19(14)17)20-22-10-15(30-20)11-27-12-23-24-13-27/h2-8,12-13,15-16,25H,9-11H2,1H3. The van der Waals surface area contributed by atoms with Crippen molar-refractivity contribution >= 4 is 38.2 Å². The molecule has 160 valence electrons. The number of benzene rings is 1. The zero-order valence-corrected chi connectivity index (χ0v) is 18.4. The van der Waals surface area contributed by atoms with Gasteiger partial charge >= 0.3 is 0 Å². The number of thioether (sulfide) groups is 1. The van der Waals surface area contributed by atoms with Gasteiger partial charge in [-0.05, 0) is 23.8 Å². The number of anilines is 2. The smallest absolute Gasteiger partial charge is 0.281 e. The summed E-state index contributed by atoms with van der Waals surface area (Å²) in [7, 11) is -2.19. The predicted octanol–water partition coefficient (Wildman–Crippen LogP) is 2.05. The van der Waals surface area contributed by atoms with E-state index in [2.05, 4.69) is 20.5 Å². The van der Waals surface area contributed by atoms with Gasteiger partial charge in [0.1, 0.15) is 12.7 Å². The lowest BCUT2D eigenvalue weighted by atomic mass is 10.1. The zero-order valence-electron chi connectivity index (χ0n) is 16.8. The molecule has 11 heteroatoms. The van der Waals surface area contributed by atoms with Crippen LogP contribution in [0.25, 0.3) is 0 Å². The Bertz CT molecular complexity index is 1210. The lowest BCUT2D eigenvalue weighted by Gasteiger charge is -2.22. The van der Waals surface area contributed by atoms with Gasteiger partial charge in [-0.1, -0.05) is 18.2 Å². The van der Waals surface area contributed by atoms with Gasteiger partial charge in [0.25, 0.3) is 10.0 Å². The summed E-state index contributed by atoms with van der Waals surface area (Å²) in [6.07, 6.45) is 5.68. The summed E-state index contributed by atoms with van der Waals surface area (Å²) in [4.78, 5) is 8.78. The van der Waals surface area contributed by atoms with Gasteiger partial charge in [0.05, 0.1) is 29.0 Å². The van der Waals surface area contributed by atoms with Crippen LogP contribution in [0.4, 0.5) is 11.4 Å². The molecular weight excluding hydrogens is 434 g/mol. The molecule has 2 unspecified atom stereocenters. The van der Waals surface area contributed by atoms with Crippen LogP contribution in [0.5, 0.6) is 0 Å². The summed E-state index contributed by atoms with van der Waals surface area (Å²) < 4.78 is 29.4. The van der Waals surface area contributed by atoms with E-state index in [0.29, 0.717) is 10.9 Å². The van der Waals surface area contributed by atoms with Gasteiger partial charge in [-0.2, -0.15) is 8.42 Å². The lowest BCUT2D eigenvalue weighted by molar-refractivity contribution is 0.590. The highest BCUT2D eigenvalue weighted by Gasteiger charge is 2.34. The molecule has 1 N–H and O–H groups in total. The van der Waals surface area contributed by atoms with Crippen molar-refractivity contribution in [3.05, 3.63) is 60.8 Å². The second kappa shape index (κ2) is 7.97. The van der Waals surface area contributed by atoms with Crippen LogP contribution in [0.2, 0.25) is 0 Å². The summed E-state index contributed by atoms with van der Waals surface area (Å²) >= 11 is 1.76. The predicted molar refractivity (Wildman–Crippen MR) is 121 cm³/mol. The Kier molecular flexibility index (Phi) is 5.14. The van der Waals surface area contributed by atoms with Gasteiger partial charge in [0.15, 0.2) is 5.03 Å². The Morgan fingerprint density at radius 3 is 2.81 bits per heavy atom. The molecule has 2 aliphatic heterocycles. The monoisotopic (exact) mass is 455 g/mol. The molecule has 1 aromatic carbocycles. The summed E-state index contributed by atoms with van der Waals surface area (Å²) in [6, 6.07) is 10.6. The Hall–Kier alpha value is -2.92. The van der Waals surface area contributed by atoms with Crippen molar-refractivity contribution in [2.45, 2.75) is 29.3 Å². The molecule has 0 saturated carbocycles. The van der Waals surface area contributed by atoms with E-state index in [1.54, 1.807) is 43.6 Å². The first-order valence-electron chi connectivity index (χ1n) is 9.84. The number of nitrogens with one attached hydrogen (secondary N) is 1. The van der Waals surface area contributed by atoms with Crippen molar-refractivity contribution in [2.24, 2.45) is 4.99 Å². The maximum absolute atomic E-state index is 13.1. The fourth-order valence-corrected chi connectivity index (χ4v) is 6.15. The molecule has 0 saturated heterocycles. The minimum atomic E-state index is -3.76. The van der Waals surface area contributed by atoms with Gasteiger partial charge in [-0.3, -0.25) is 9.30 Å². The van der Waals surface area contributed by atoms with Gasteiger partial charge in [0, 0.05) is 31.5 Å². The molecule has 2 atom stereocenters. The molecule has 0 spiro atoms. The molecule has 0 radical (unpaired) electrons. The minimum Gasteiger partial charge on any atom is -0.374 e. The van der Waals surface area contributed by atoms with E-state index < -0.39 is 10.0 Å². The van der Waals surface area contributed by atoms with Crippen LogP contribution >= 0.6 is 11.8 Å². The number of sulfonamides is 1. The van der Waals surface area contributed by atoms with Crippen LogP contribution in [0.1, 0.15) is 5.56 Å². The number of pyridine rings is 1. The maximum atomic E-state index is 13.1. The highest BCUT2D eigenvalue weighted by Crippen LogP contribution is 2.39. The van der Waals surface area contributed by atoms with Crippen LogP contribution in [-0.4, -0.2) is 58.1 Å². The molecule has 0 amide bonds. The quantitative estimate of drug-likeness (QED) is 0.606. The third kappa shape index (κ3) is 3.79. The average molecular weight is 456 g/mol. The number of hydrogen-bond acceptors (Lipinski definition) is 8. The summed E-state index contributed by atoms with van der Waals surface area (Å²) in [5, 5.41) is 12.6.